The van der Waals surface area contributed by atoms with E-state index in [2.05, 4.69) is 64.1 Å². The average Bonchev–Trinajstić information content (AvgIpc) is 2.63. The quantitative estimate of drug-likeness (QED) is 0.698. The van der Waals surface area contributed by atoms with Crippen LogP contribution in [0, 0.1) is 0 Å². The van der Waals surface area contributed by atoms with Gasteiger partial charge in [0.05, 0.1) is 6.61 Å². The van der Waals surface area contributed by atoms with E-state index in [9.17, 15) is 5.11 Å². The lowest BCUT2D eigenvalue weighted by Gasteiger charge is -2.42. The Morgan fingerprint density at radius 3 is 2.23 bits per heavy atom. The summed E-state index contributed by atoms with van der Waals surface area (Å²) in [5.74, 6) is 0. The summed E-state index contributed by atoms with van der Waals surface area (Å²) >= 11 is 0. The van der Waals surface area contributed by atoms with Crippen molar-refractivity contribution in [2.45, 2.75) is 64.2 Å². The number of allylic oxidation sites excluding steroid dienone is 1. The van der Waals surface area contributed by atoms with Crippen LogP contribution in [0.4, 0.5) is 0 Å². The first-order chi connectivity index (χ1) is 12.3. The molecule has 1 nitrogen and oxygen atoms in total. The first kappa shape index (κ1) is 18.9. The monoisotopic (exact) mass is 348 g/mol. The van der Waals surface area contributed by atoms with Gasteiger partial charge in [-0.2, -0.15) is 0 Å². The van der Waals surface area contributed by atoms with E-state index in [1.54, 1.807) is 0 Å². The van der Waals surface area contributed by atoms with Crippen LogP contribution in [0.5, 0.6) is 0 Å². The third kappa shape index (κ3) is 3.94. The first-order valence-electron chi connectivity index (χ1n) is 9.83. The molecule has 0 unspecified atom stereocenters. The van der Waals surface area contributed by atoms with Crippen LogP contribution in [-0.2, 0) is 17.3 Å². The van der Waals surface area contributed by atoms with Crippen molar-refractivity contribution >= 4 is 5.57 Å². The van der Waals surface area contributed by atoms with Crippen LogP contribution in [0.25, 0.3) is 5.57 Å². The van der Waals surface area contributed by atoms with Crippen LogP contribution in [0.15, 0.2) is 54.6 Å². The van der Waals surface area contributed by atoms with Crippen molar-refractivity contribution in [2.24, 2.45) is 0 Å². The lowest BCUT2D eigenvalue weighted by atomic mass is 9.63. The number of fused-ring (bicyclic) bond motifs is 1. The lowest BCUT2D eigenvalue weighted by Crippen LogP contribution is -2.33. The van der Waals surface area contributed by atoms with Gasteiger partial charge < -0.3 is 5.11 Å². The second kappa shape index (κ2) is 7.40. The molecule has 3 rings (SSSR count). The SMILES string of the molecule is CC1(C)CCC(C)(C)c2cc(CC/C=C(\CO)c3ccccc3)ccc21. The molecule has 26 heavy (non-hydrogen) atoms. The van der Waals surface area contributed by atoms with Crippen molar-refractivity contribution in [3.63, 3.8) is 0 Å². The third-order valence-electron chi connectivity index (χ3n) is 6.06. The second-order valence-corrected chi connectivity index (χ2v) is 8.94. The molecule has 0 spiro atoms. The fourth-order valence-electron chi connectivity index (χ4n) is 4.13. The molecule has 0 amide bonds. The lowest BCUT2D eigenvalue weighted by molar-refractivity contribution is 0.331. The van der Waals surface area contributed by atoms with E-state index >= 15 is 0 Å². The molecule has 1 heteroatoms. The Kier molecular flexibility index (Phi) is 5.39. The number of hydrogen-bond donors (Lipinski definition) is 1. The van der Waals surface area contributed by atoms with Gasteiger partial charge in [0.25, 0.3) is 0 Å². The number of hydrogen-bond acceptors (Lipinski definition) is 1. The molecule has 138 valence electrons. The third-order valence-corrected chi connectivity index (χ3v) is 6.06. The van der Waals surface area contributed by atoms with Gasteiger partial charge >= 0.3 is 0 Å². The molecule has 1 N–H and O–H groups in total. The molecule has 0 heterocycles. The van der Waals surface area contributed by atoms with Gasteiger partial charge in [0.1, 0.15) is 0 Å². The summed E-state index contributed by atoms with van der Waals surface area (Å²) in [7, 11) is 0. The molecule has 0 fully saturated rings. The minimum Gasteiger partial charge on any atom is -0.392 e. The number of rotatable bonds is 5. The minimum absolute atomic E-state index is 0.0927. The van der Waals surface area contributed by atoms with Gasteiger partial charge in [-0.25, -0.2) is 0 Å². The van der Waals surface area contributed by atoms with Crippen molar-refractivity contribution in [3.8, 4) is 0 Å². The number of aliphatic hydroxyl groups excluding tert-OH is 1. The fraction of sp³-hybridized carbons (Fsp3) is 0.440. The first-order valence-corrected chi connectivity index (χ1v) is 9.83. The number of benzene rings is 2. The Morgan fingerprint density at radius 1 is 0.923 bits per heavy atom. The summed E-state index contributed by atoms with van der Waals surface area (Å²) in [5, 5.41) is 9.69. The van der Waals surface area contributed by atoms with Gasteiger partial charge in [0.2, 0.25) is 0 Å². The molecule has 0 aliphatic heterocycles. The van der Waals surface area contributed by atoms with Crippen molar-refractivity contribution in [3.05, 3.63) is 76.9 Å². The van der Waals surface area contributed by atoms with Gasteiger partial charge in [0.15, 0.2) is 0 Å². The summed E-state index contributed by atoms with van der Waals surface area (Å²) in [4.78, 5) is 0. The van der Waals surface area contributed by atoms with Crippen LogP contribution in [-0.4, -0.2) is 11.7 Å². The summed E-state index contributed by atoms with van der Waals surface area (Å²) < 4.78 is 0. The van der Waals surface area contributed by atoms with Crippen LogP contribution in [0.2, 0.25) is 0 Å². The van der Waals surface area contributed by atoms with E-state index in [-0.39, 0.29) is 17.4 Å². The molecule has 0 aromatic heterocycles. The van der Waals surface area contributed by atoms with Crippen molar-refractivity contribution in [2.75, 3.05) is 6.61 Å². The predicted molar refractivity (Wildman–Crippen MR) is 112 cm³/mol. The number of aryl methyl sites for hydroxylation is 1. The molecule has 0 atom stereocenters. The van der Waals surface area contributed by atoms with Gasteiger partial charge in [-0.1, -0.05) is 82.3 Å². The second-order valence-electron chi connectivity index (χ2n) is 8.94. The van der Waals surface area contributed by atoms with Crippen LogP contribution in [0.3, 0.4) is 0 Å². The number of aliphatic hydroxyl groups is 1. The summed E-state index contributed by atoms with van der Waals surface area (Å²) in [6.45, 7) is 9.59. The molecular weight excluding hydrogens is 316 g/mol. The molecule has 0 radical (unpaired) electrons. The topological polar surface area (TPSA) is 20.2 Å². The molecule has 0 bridgehead atoms. The highest BCUT2D eigenvalue weighted by atomic mass is 16.3. The van der Waals surface area contributed by atoms with E-state index < -0.39 is 0 Å². The molecular formula is C25H32O. The van der Waals surface area contributed by atoms with E-state index in [1.807, 2.05) is 18.2 Å². The van der Waals surface area contributed by atoms with E-state index in [0.717, 1.165) is 24.0 Å². The van der Waals surface area contributed by atoms with Gasteiger partial charge in [-0.3, -0.25) is 0 Å². The zero-order valence-corrected chi connectivity index (χ0v) is 16.7. The molecule has 0 saturated carbocycles. The molecule has 0 saturated heterocycles. The van der Waals surface area contributed by atoms with Gasteiger partial charge in [0, 0.05) is 0 Å². The molecule has 1 aliphatic rings. The predicted octanol–water partition coefficient (Wildman–Crippen LogP) is 6.04. The minimum atomic E-state index is 0.0927. The maximum Gasteiger partial charge on any atom is 0.0684 e. The van der Waals surface area contributed by atoms with E-state index in [0.29, 0.717) is 0 Å². The molecule has 2 aromatic carbocycles. The standard InChI is InChI=1S/C25H32O/c1-24(2)15-16-25(3,4)23-17-19(13-14-22(23)24)9-8-12-21(18-26)20-10-6-5-7-11-20/h5-7,10-14,17,26H,8-9,15-16,18H2,1-4H3/b21-12+. The fourth-order valence-corrected chi connectivity index (χ4v) is 4.13. The largest absolute Gasteiger partial charge is 0.392 e. The summed E-state index contributed by atoms with van der Waals surface area (Å²) in [5.41, 5.74) is 7.12. The Balaban J connectivity index is 1.78. The van der Waals surface area contributed by atoms with E-state index in [1.165, 1.54) is 29.5 Å². The maximum absolute atomic E-state index is 9.69. The van der Waals surface area contributed by atoms with Crippen LogP contribution in [0.1, 0.15) is 69.2 Å². The molecule has 2 aromatic rings. The summed E-state index contributed by atoms with van der Waals surface area (Å²) in [6, 6.07) is 17.3. The highest BCUT2D eigenvalue weighted by molar-refractivity contribution is 5.66. The van der Waals surface area contributed by atoms with Crippen molar-refractivity contribution in [1.82, 2.24) is 0 Å². The Morgan fingerprint density at radius 2 is 1.58 bits per heavy atom. The van der Waals surface area contributed by atoms with Crippen molar-refractivity contribution < 1.29 is 5.11 Å². The van der Waals surface area contributed by atoms with Crippen molar-refractivity contribution in [1.29, 1.82) is 0 Å². The van der Waals surface area contributed by atoms with Gasteiger partial charge in [-0.05, 0) is 64.3 Å². The Bertz CT molecular complexity index is 781. The Labute approximate surface area is 158 Å². The van der Waals surface area contributed by atoms with Crippen LogP contribution < -0.4 is 0 Å². The van der Waals surface area contributed by atoms with Gasteiger partial charge in [-0.15, -0.1) is 0 Å². The highest BCUT2D eigenvalue weighted by Gasteiger charge is 2.36. The maximum atomic E-state index is 9.69. The average molecular weight is 349 g/mol. The summed E-state index contributed by atoms with van der Waals surface area (Å²) in [6.07, 6.45) is 6.66. The Hall–Kier alpha value is -1.86. The van der Waals surface area contributed by atoms with E-state index in [4.69, 9.17) is 0 Å². The highest BCUT2D eigenvalue weighted by Crippen LogP contribution is 2.45. The normalized spacial score (nSPS) is 18.4. The molecule has 1 aliphatic carbocycles. The smallest absolute Gasteiger partial charge is 0.0684 e. The zero-order chi connectivity index (χ0) is 18.8. The van der Waals surface area contributed by atoms with Crippen LogP contribution >= 0.6 is 0 Å². The zero-order valence-electron chi connectivity index (χ0n) is 16.7.